The highest BCUT2D eigenvalue weighted by atomic mass is 16.5. The average molecular weight is 228 g/mol. The van der Waals surface area contributed by atoms with Crippen molar-refractivity contribution in [1.82, 2.24) is 10.6 Å². The molecule has 2 amide bonds. The summed E-state index contributed by atoms with van der Waals surface area (Å²) in [7, 11) is 0. The van der Waals surface area contributed by atoms with Gasteiger partial charge in [0.2, 0.25) is 11.8 Å². The summed E-state index contributed by atoms with van der Waals surface area (Å²) in [4.78, 5) is 22.0. The molecule has 0 fully saturated rings. The lowest BCUT2D eigenvalue weighted by Crippen LogP contribution is -2.29. The molecule has 0 radical (unpaired) electrons. The highest BCUT2D eigenvalue weighted by Gasteiger charge is 2.01. The predicted octanol–water partition coefficient (Wildman–Crippen LogP) is 0.567. The van der Waals surface area contributed by atoms with Gasteiger partial charge in [0.25, 0.3) is 0 Å². The van der Waals surface area contributed by atoms with E-state index in [4.69, 9.17) is 4.74 Å². The summed E-state index contributed by atoms with van der Waals surface area (Å²) >= 11 is 0. The normalized spacial score (nSPS) is 9.94. The molecule has 0 unspecified atom stereocenters. The third kappa shape index (κ3) is 9.21. The Kier molecular flexibility index (Phi) is 8.15. The van der Waals surface area contributed by atoms with Crippen molar-refractivity contribution in [2.75, 3.05) is 13.3 Å². The Labute approximate surface area is 96.2 Å². The van der Waals surface area contributed by atoms with E-state index in [9.17, 15) is 9.59 Å². The van der Waals surface area contributed by atoms with Gasteiger partial charge in [0, 0.05) is 13.0 Å². The van der Waals surface area contributed by atoms with Crippen molar-refractivity contribution in [2.45, 2.75) is 32.8 Å². The summed E-state index contributed by atoms with van der Waals surface area (Å²) in [6, 6.07) is 0. The van der Waals surface area contributed by atoms with E-state index in [1.54, 1.807) is 0 Å². The number of ether oxygens (including phenoxy) is 1. The minimum absolute atomic E-state index is 0.0755. The smallest absolute Gasteiger partial charge is 0.243 e. The first kappa shape index (κ1) is 14.6. The Bertz CT molecular complexity index is 239. The van der Waals surface area contributed by atoms with Gasteiger partial charge in [-0.1, -0.05) is 6.58 Å². The number of hydrogen-bond acceptors (Lipinski definition) is 3. The zero-order valence-electron chi connectivity index (χ0n) is 9.91. The number of carbonyl (C=O) groups is 2. The minimum Gasteiger partial charge on any atom is -0.359 e. The van der Waals surface area contributed by atoms with Crippen molar-refractivity contribution in [3.63, 3.8) is 0 Å². The van der Waals surface area contributed by atoms with Crippen LogP contribution in [0.4, 0.5) is 0 Å². The third-order valence-electron chi connectivity index (χ3n) is 1.75. The topological polar surface area (TPSA) is 67.4 Å². The summed E-state index contributed by atoms with van der Waals surface area (Å²) in [6.45, 7) is 7.83. The molecule has 0 aromatic rings. The number of amides is 2. The molecule has 0 bridgehead atoms. The van der Waals surface area contributed by atoms with Crippen LogP contribution in [0, 0.1) is 0 Å². The van der Waals surface area contributed by atoms with Crippen LogP contribution < -0.4 is 10.6 Å². The SMILES string of the molecule is C=CC(=O)NCCCC(=O)NCOC(C)C. The lowest BCUT2D eigenvalue weighted by Gasteiger charge is -2.08. The molecule has 5 heteroatoms. The van der Waals surface area contributed by atoms with Gasteiger partial charge in [-0.2, -0.15) is 0 Å². The van der Waals surface area contributed by atoms with Crippen LogP contribution in [0.2, 0.25) is 0 Å². The summed E-state index contributed by atoms with van der Waals surface area (Å²) < 4.78 is 5.16. The van der Waals surface area contributed by atoms with Crippen LogP contribution in [0.5, 0.6) is 0 Å². The molecule has 92 valence electrons. The van der Waals surface area contributed by atoms with E-state index < -0.39 is 0 Å². The number of nitrogens with one attached hydrogen (secondary N) is 2. The fourth-order valence-corrected chi connectivity index (χ4v) is 0.910. The van der Waals surface area contributed by atoms with Crippen molar-refractivity contribution in [1.29, 1.82) is 0 Å². The molecule has 16 heavy (non-hydrogen) atoms. The molecule has 5 nitrogen and oxygen atoms in total. The van der Waals surface area contributed by atoms with Crippen LogP contribution >= 0.6 is 0 Å². The molecular weight excluding hydrogens is 208 g/mol. The predicted molar refractivity (Wildman–Crippen MR) is 61.7 cm³/mol. The largest absolute Gasteiger partial charge is 0.359 e. The Morgan fingerprint density at radius 2 is 2.06 bits per heavy atom. The Hall–Kier alpha value is -1.36. The fourth-order valence-electron chi connectivity index (χ4n) is 0.910. The fraction of sp³-hybridized carbons (Fsp3) is 0.636. The van der Waals surface area contributed by atoms with E-state index >= 15 is 0 Å². The van der Waals surface area contributed by atoms with Crippen molar-refractivity contribution in [3.8, 4) is 0 Å². The summed E-state index contributed by atoms with van der Waals surface area (Å²) in [5.41, 5.74) is 0. The van der Waals surface area contributed by atoms with E-state index in [1.165, 1.54) is 6.08 Å². The van der Waals surface area contributed by atoms with Gasteiger partial charge in [-0.05, 0) is 26.3 Å². The van der Waals surface area contributed by atoms with Crippen molar-refractivity contribution >= 4 is 11.8 Å². The third-order valence-corrected chi connectivity index (χ3v) is 1.75. The maximum atomic E-state index is 11.2. The average Bonchev–Trinajstić information content (AvgIpc) is 2.23. The van der Waals surface area contributed by atoms with Gasteiger partial charge in [-0.3, -0.25) is 9.59 Å². The van der Waals surface area contributed by atoms with Gasteiger partial charge in [-0.25, -0.2) is 0 Å². The summed E-state index contributed by atoms with van der Waals surface area (Å²) in [5, 5.41) is 5.22. The van der Waals surface area contributed by atoms with Crippen LogP contribution in [-0.4, -0.2) is 31.2 Å². The van der Waals surface area contributed by atoms with Crippen molar-refractivity contribution < 1.29 is 14.3 Å². The molecular formula is C11H20N2O3. The first-order valence-electron chi connectivity index (χ1n) is 5.34. The summed E-state index contributed by atoms with van der Waals surface area (Å²) in [5.74, 6) is -0.294. The zero-order chi connectivity index (χ0) is 12.4. The molecule has 2 N–H and O–H groups in total. The second-order valence-electron chi connectivity index (χ2n) is 3.56. The molecule has 0 rings (SSSR count). The van der Waals surface area contributed by atoms with Crippen LogP contribution in [0.1, 0.15) is 26.7 Å². The first-order valence-corrected chi connectivity index (χ1v) is 5.34. The van der Waals surface area contributed by atoms with Crippen molar-refractivity contribution in [2.24, 2.45) is 0 Å². The maximum Gasteiger partial charge on any atom is 0.243 e. The lowest BCUT2D eigenvalue weighted by atomic mass is 10.3. The van der Waals surface area contributed by atoms with E-state index in [-0.39, 0.29) is 24.6 Å². The van der Waals surface area contributed by atoms with E-state index in [1.807, 2.05) is 13.8 Å². The number of carbonyl (C=O) groups excluding carboxylic acids is 2. The highest BCUT2D eigenvalue weighted by molar-refractivity contribution is 5.86. The van der Waals surface area contributed by atoms with Crippen LogP contribution in [0.3, 0.4) is 0 Å². The van der Waals surface area contributed by atoms with Crippen LogP contribution in [0.15, 0.2) is 12.7 Å². The highest BCUT2D eigenvalue weighted by Crippen LogP contribution is 1.89. The lowest BCUT2D eigenvalue weighted by molar-refractivity contribution is -0.123. The molecule has 0 aliphatic rings. The number of hydrogen-bond donors (Lipinski definition) is 2. The molecule has 0 aromatic carbocycles. The standard InChI is InChI=1S/C11H20N2O3/c1-4-10(14)12-7-5-6-11(15)13-8-16-9(2)3/h4,9H,1,5-8H2,2-3H3,(H,12,14)(H,13,15). The van der Waals surface area contributed by atoms with Crippen molar-refractivity contribution in [3.05, 3.63) is 12.7 Å². The molecule has 0 saturated carbocycles. The van der Waals surface area contributed by atoms with Gasteiger partial charge in [-0.15, -0.1) is 0 Å². The van der Waals surface area contributed by atoms with Crippen LogP contribution in [-0.2, 0) is 14.3 Å². The van der Waals surface area contributed by atoms with Gasteiger partial charge >= 0.3 is 0 Å². The second kappa shape index (κ2) is 8.91. The molecule has 0 spiro atoms. The summed E-state index contributed by atoms with van der Waals surface area (Å²) in [6.07, 6.45) is 2.29. The maximum absolute atomic E-state index is 11.2. The van der Waals surface area contributed by atoms with Crippen LogP contribution in [0.25, 0.3) is 0 Å². The number of rotatable bonds is 8. The Balaban J connectivity index is 3.37. The molecule has 0 atom stereocenters. The second-order valence-corrected chi connectivity index (χ2v) is 3.56. The van der Waals surface area contributed by atoms with E-state index in [0.717, 1.165) is 0 Å². The van der Waals surface area contributed by atoms with E-state index in [2.05, 4.69) is 17.2 Å². The van der Waals surface area contributed by atoms with E-state index in [0.29, 0.717) is 19.4 Å². The molecule has 0 aliphatic heterocycles. The van der Waals surface area contributed by atoms with Gasteiger partial charge < -0.3 is 15.4 Å². The zero-order valence-corrected chi connectivity index (χ0v) is 9.91. The minimum atomic E-state index is -0.219. The van der Waals surface area contributed by atoms with Gasteiger partial charge in [0.15, 0.2) is 0 Å². The monoisotopic (exact) mass is 228 g/mol. The van der Waals surface area contributed by atoms with Gasteiger partial charge in [0.1, 0.15) is 6.73 Å². The van der Waals surface area contributed by atoms with Gasteiger partial charge in [0.05, 0.1) is 6.10 Å². The Morgan fingerprint density at radius 1 is 1.38 bits per heavy atom. The quantitative estimate of drug-likeness (QED) is 0.362. The Morgan fingerprint density at radius 3 is 2.62 bits per heavy atom. The molecule has 0 aliphatic carbocycles. The first-order chi connectivity index (χ1) is 7.56. The molecule has 0 saturated heterocycles. The molecule has 0 heterocycles. The molecule has 0 aromatic heterocycles.